The molecular weight excluding hydrogens is 467 g/mol. The number of carbonyl (C=O) groups excluding carboxylic acids is 1. The van der Waals surface area contributed by atoms with E-state index in [0.29, 0.717) is 17.9 Å². The lowest BCUT2D eigenvalue weighted by molar-refractivity contribution is -0.137. The maximum Gasteiger partial charge on any atom is 0.417 e. The van der Waals surface area contributed by atoms with Crippen LogP contribution >= 0.6 is 12.2 Å². The van der Waals surface area contributed by atoms with Crippen molar-refractivity contribution < 1.29 is 27.8 Å². The lowest BCUT2D eigenvalue weighted by atomic mass is 9.98. The molecule has 4 rings (SSSR count). The summed E-state index contributed by atoms with van der Waals surface area (Å²) >= 11 is 5.58. The highest BCUT2D eigenvalue weighted by Gasteiger charge is 2.51. The maximum atomic E-state index is 13.5. The first-order valence-corrected chi connectivity index (χ1v) is 11.1. The minimum atomic E-state index is -4.76. The molecule has 0 aromatic heterocycles. The maximum absolute atomic E-state index is 13.5. The van der Waals surface area contributed by atoms with Gasteiger partial charge in [0, 0.05) is 18.7 Å². The zero-order valence-electron chi connectivity index (χ0n) is 18.5. The third-order valence-electron chi connectivity index (χ3n) is 6.14. The predicted octanol–water partition coefficient (Wildman–Crippen LogP) is 4.57. The highest BCUT2D eigenvalue weighted by atomic mass is 32.1. The van der Waals surface area contributed by atoms with Crippen LogP contribution in [0.2, 0.25) is 0 Å². The van der Waals surface area contributed by atoms with E-state index in [9.17, 15) is 18.0 Å². The number of amides is 1. The number of aryl methyl sites for hydroxylation is 1. The first-order chi connectivity index (χ1) is 16.0. The zero-order valence-corrected chi connectivity index (χ0v) is 19.3. The summed E-state index contributed by atoms with van der Waals surface area (Å²) in [5, 5.41) is 18.3. The zero-order chi connectivity index (χ0) is 24.8. The molecular formula is C24H22F3N3O3S. The Morgan fingerprint density at radius 3 is 2.59 bits per heavy atom. The van der Waals surface area contributed by atoms with Crippen molar-refractivity contribution in [1.29, 1.82) is 5.26 Å². The van der Waals surface area contributed by atoms with Gasteiger partial charge in [0.2, 0.25) is 0 Å². The number of benzene rings is 2. The number of carbonyl (C=O) groups is 1. The van der Waals surface area contributed by atoms with Gasteiger partial charge in [-0.2, -0.15) is 18.4 Å². The summed E-state index contributed by atoms with van der Waals surface area (Å²) < 4.78 is 46.4. The third-order valence-corrected chi connectivity index (χ3v) is 6.50. The fourth-order valence-electron chi connectivity index (χ4n) is 4.38. The molecule has 1 atom stereocenters. The number of anilines is 2. The summed E-state index contributed by atoms with van der Waals surface area (Å²) in [7, 11) is 0. The largest absolute Gasteiger partial charge is 0.490 e. The van der Waals surface area contributed by atoms with Gasteiger partial charge in [0.1, 0.15) is 17.4 Å². The van der Waals surface area contributed by atoms with Crippen molar-refractivity contribution in [3.63, 3.8) is 0 Å². The van der Waals surface area contributed by atoms with Gasteiger partial charge in [0.25, 0.3) is 5.91 Å². The van der Waals surface area contributed by atoms with Crippen LogP contribution in [0.15, 0.2) is 36.4 Å². The topological polar surface area (TPSA) is 76.8 Å². The van der Waals surface area contributed by atoms with Crippen molar-refractivity contribution in [2.75, 3.05) is 16.4 Å². The van der Waals surface area contributed by atoms with Gasteiger partial charge in [-0.25, -0.2) is 0 Å². The van der Waals surface area contributed by atoms with Crippen LogP contribution in [0.4, 0.5) is 24.5 Å². The molecule has 0 aliphatic carbocycles. The van der Waals surface area contributed by atoms with E-state index in [-0.39, 0.29) is 23.5 Å². The summed E-state index contributed by atoms with van der Waals surface area (Å²) in [5.41, 5.74) is -1.31. The van der Waals surface area contributed by atoms with E-state index in [1.807, 2.05) is 6.07 Å². The molecule has 10 heteroatoms. The molecule has 2 aliphatic rings. The van der Waals surface area contributed by atoms with Crippen LogP contribution in [0.25, 0.3) is 0 Å². The highest BCUT2D eigenvalue weighted by molar-refractivity contribution is 7.81. The SMILES string of the molecule is CC1(C)C(=O)N(c2ccc(C#N)c(C(F)(F)F)c2)C(=S)N1c1ccc2c(c1)CCC(CCO)O2. The molecule has 0 bridgehead atoms. The molecule has 0 radical (unpaired) electrons. The van der Waals surface area contributed by atoms with Gasteiger partial charge in [0.15, 0.2) is 5.11 Å². The molecule has 0 saturated carbocycles. The number of rotatable bonds is 4. The normalized spacial score (nSPS) is 19.6. The number of alkyl halides is 3. The Bertz CT molecular complexity index is 1210. The van der Waals surface area contributed by atoms with Crippen LogP contribution in [0, 0.1) is 11.3 Å². The summed E-state index contributed by atoms with van der Waals surface area (Å²) in [4.78, 5) is 16.0. The van der Waals surface area contributed by atoms with Gasteiger partial charge in [-0.1, -0.05) is 0 Å². The second kappa shape index (κ2) is 8.56. The number of hydrogen-bond donors (Lipinski definition) is 1. The number of thiocarbonyl (C=S) groups is 1. The van der Waals surface area contributed by atoms with Crippen molar-refractivity contribution in [3.8, 4) is 11.8 Å². The minimum absolute atomic E-state index is 0.0394. The van der Waals surface area contributed by atoms with E-state index in [4.69, 9.17) is 27.3 Å². The molecule has 178 valence electrons. The minimum Gasteiger partial charge on any atom is -0.490 e. The number of nitriles is 1. The molecule has 0 spiro atoms. The van der Waals surface area contributed by atoms with Crippen LogP contribution in [0.3, 0.4) is 0 Å². The molecule has 1 amide bonds. The lowest BCUT2D eigenvalue weighted by Gasteiger charge is -2.31. The van der Waals surface area contributed by atoms with Gasteiger partial charge in [-0.3, -0.25) is 9.69 Å². The Labute approximate surface area is 200 Å². The van der Waals surface area contributed by atoms with E-state index in [0.717, 1.165) is 35.4 Å². The van der Waals surface area contributed by atoms with E-state index in [1.54, 1.807) is 36.9 Å². The average molecular weight is 490 g/mol. The number of fused-ring (bicyclic) bond motifs is 1. The number of hydrogen-bond acceptors (Lipinski definition) is 5. The van der Waals surface area contributed by atoms with Gasteiger partial charge >= 0.3 is 6.18 Å². The Morgan fingerprint density at radius 1 is 1.24 bits per heavy atom. The smallest absolute Gasteiger partial charge is 0.417 e. The second-order valence-electron chi connectivity index (χ2n) is 8.74. The predicted molar refractivity (Wildman–Crippen MR) is 124 cm³/mol. The van der Waals surface area contributed by atoms with Gasteiger partial charge in [0.05, 0.1) is 22.9 Å². The number of aliphatic hydroxyl groups is 1. The van der Waals surface area contributed by atoms with Crippen molar-refractivity contribution in [2.45, 2.75) is 50.9 Å². The molecule has 2 aromatic carbocycles. The monoisotopic (exact) mass is 489 g/mol. The van der Waals surface area contributed by atoms with Crippen LogP contribution < -0.4 is 14.5 Å². The van der Waals surface area contributed by atoms with Gasteiger partial charge in [-0.15, -0.1) is 0 Å². The van der Waals surface area contributed by atoms with E-state index in [2.05, 4.69) is 0 Å². The summed E-state index contributed by atoms with van der Waals surface area (Å²) in [5.74, 6) is 0.216. The van der Waals surface area contributed by atoms with Gasteiger partial charge in [-0.05, 0) is 80.9 Å². The molecule has 2 aliphatic heterocycles. The Hall–Kier alpha value is -3.16. The van der Waals surface area contributed by atoms with E-state index >= 15 is 0 Å². The first-order valence-electron chi connectivity index (χ1n) is 10.7. The molecule has 1 N–H and O–H groups in total. The molecule has 34 heavy (non-hydrogen) atoms. The van der Waals surface area contributed by atoms with E-state index in [1.165, 1.54) is 6.07 Å². The van der Waals surface area contributed by atoms with E-state index < -0.39 is 28.7 Å². The standard InChI is InChI=1S/C24H22F3N3O3S/c1-23(2)21(32)29(16-5-3-15(13-28)19(12-16)24(25,26)27)22(34)30(23)17-6-8-20-14(11-17)4-7-18(33-20)9-10-31/h3,5-6,8,11-12,18,31H,4,7,9-10H2,1-2H3. The summed E-state index contributed by atoms with van der Waals surface area (Å²) in [6.45, 7) is 3.35. The number of halogens is 3. The van der Waals surface area contributed by atoms with Gasteiger partial charge < -0.3 is 14.7 Å². The quantitative estimate of drug-likeness (QED) is 0.634. The molecule has 1 unspecified atom stereocenters. The summed E-state index contributed by atoms with van der Waals surface area (Å²) in [6.07, 6.45) is -2.83. The van der Waals surface area contributed by atoms with Crippen molar-refractivity contribution in [3.05, 3.63) is 53.1 Å². The fraction of sp³-hybridized carbons (Fsp3) is 0.375. The Balaban J connectivity index is 1.71. The number of nitrogens with zero attached hydrogens (tertiary/aromatic N) is 3. The molecule has 6 nitrogen and oxygen atoms in total. The molecule has 1 saturated heterocycles. The lowest BCUT2D eigenvalue weighted by Crippen LogP contribution is -2.44. The van der Waals surface area contributed by atoms with Crippen LogP contribution in [-0.4, -0.2) is 34.4 Å². The van der Waals surface area contributed by atoms with Crippen LogP contribution in [-0.2, 0) is 17.4 Å². The van der Waals surface area contributed by atoms with Crippen molar-refractivity contribution >= 4 is 34.6 Å². The first kappa shape index (κ1) is 24.0. The highest BCUT2D eigenvalue weighted by Crippen LogP contribution is 2.41. The third kappa shape index (κ3) is 3.99. The average Bonchev–Trinajstić information content (AvgIpc) is 2.96. The fourth-order valence-corrected chi connectivity index (χ4v) is 4.90. The molecule has 1 fully saturated rings. The van der Waals surface area contributed by atoms with Crippen LogP contribution in [0.5, 0.6) is 5.75 Å². The van der Waals surface area contributed by atoms with Crippen molar-refractivity contribution in [1.82, 2.24) is 0 Å². The van der Waals surface area contributed by atoms with Crippen LogP contribution in [0.1, 0.15) is 43.4 Å². The van der Waals surface area contributed by atoms with Crippen molar-refractivity contribution in [2.24, 2.45) is 0 Å². The Morgan fingerprint density at radius 2 is 1.94 bits per heavy atom. The second-order valence-corrected chi connectivity index (χ2v) is 9.11. The number of ether oxygens (including phenoxy) is 1. The molecule has 2 aromatic rings. The number of aliphatic hydroxyl groups excluding tert-OH is 1. The molecule has 2 heterocycles. The summed E-state index contributed by atoms with van der Waals surface area (Å²) in [6, 6.07) is 10.1. The Kier molecular flexibility index (Phi) is 6.04.